The van der Waals surface area contributed by atoms with Crippen molar-refractivity contribution in [1.29, 1.82) is 0 Å². The zero-order valence-corrected chi connectivity index (χ0v) is 20.9. The van der Waals surface area contributed by atoms with Gasteiger partial charge in [0, 0.05) is 17.3 Å². The van der Waals surface area contributed by atoms with Gasteiger partial charge in [-0.1, -0.05) is 12.1 Å². The van der Waals surface area contributed by atoms with Crippen molar-refractivity contribution in [1.82, 2.24) is 5.32 Å². The van der Waals surface area contributed by atoms with Crippen molar-refractivity contribution in [2.24, 2.45) is 0 Å². The fourth-order valence-electron chi connectivity index (χ4n) is 4.61. The Hall–Kier alpha value is -4.60. The van der Waals surface area contributed by atoms with Crippen molar-refractivity contribution in [3.05, 3.63) is 64.1 Å². The third kappa shape index (κ3) is 3.90. The molecule has 2 aromatic carbocycles. The smallest absolute Gasteiger partial charge is 0.243 e. The Morgan fingerprint density at radius 2 is 1.78 bits per heavy atom. The summed E-state index contributed by atoms with van der Waals surface area (Å²) in [6.07, 6.45) is 1.12. The van der Waals surface area contributed by atoms with Gasteiger partial charge in [-0.3, -0.25) is 19.2 Å². The van der Waals surface area contributed by atoms with Gasteiger partial charge in [0.05, 0.1) is 30.5 Å². The Balaban J connectivity index is 1.68. The van der Waals surface area contributed by atoms with E-state index in [1.807, 2.05) is 0 Å². The molecule has 1 atom stereocenters. The van der Waals surface area contributed by atoms with Crippen LogP contribution in [0.25, 0.3) is 0 Å². The van der Waals surface area contributed by atoms with E-state index in [0.29, 0.717) is 11.4 Å². The summed E-state index contributed by atoms with van der Waals surface area (Å²) in [6, 6.07) is 6.85. The van der Waals surface area contributed by atoms with Crippen LogP contribution in [0.15, 0.2) is 47.4 Å². The molecule has 10 nitrogen and oxygen atoms in total. The number of aromatic hydroxyl groups is 2. The van der Waals surface area contributed by atoms with Crippen LogP contribution < -0.4 is 20.1 Å². The summed E-state index contributed by atoms with van der Waals surface area (Å²) in [7, 11) is 1.48. The van der Waals surface area contributed by atoms with E-state index in [9.17, 15) is 29.4 Å². The van der Waals surface area contributed by atoms with Gasteiger partial charge in [0.15, 0.2) is 17.3 Å². The second kappa shape index (κ2) is 9.12. The molecule has 1 aliphatic carbocycles. The van der Waals surface area contributed by atoms with E-state index in [1.165, 1.54) is 34.8 Å². The van der Waals surface area contributed by atoms with Crippen molar-refractivity contribution in [2.45, 2.75) is 33.1 Å². The molecule has 10 heteroatoms. The number of fused-ring (bicyclic) bond motifs is 3. The third-order valence-electron chi connectivity index (χ3n) is 6.65. The molecule has 0 saturated carbocycles. The van der Waals surface area contributed by atoms with Crippen LogP contribution in [-0.4, -0.2) is 47.1 Å². The Bertz CT molecular complexity index is 1450. The first-order valence-electron chi connectivity index (χ1n) is 11.4. The molecule has 0 saturated heterocycles. The van der Waals surface area contributed by atoms with E-state index in [0.717, 1.165) is 6.08 Å². The van der Waals surface area contributed by atoms with Crippen molar-refractivity contribution < 1.29 is 38.9 Å². The van der Waals surface area contributed by atoms with E-state index in [2.05, 4.69) is 10.6 Å². The molecule has 0 radical (unpaired) electrons. The van der Waals surface area contributed by atoms with Gasteiger partial charge in [-0.05, 0) is 39.8 Å². The predicted molar refractivity (Wildman–Crippen MR) is 133 cm³/mol. The van der Waals surface area contributed by atoms with Crippen molar-refractivity contribution >= 4 is 28.9 Å². The normalized spacial score (nSPS) is 19.3. The summed E-state index contributed by atoms with van der Waals surface area (Å²) in [4.78, 5) is 51.5. The number of amides is 1. The first kappa shape index (κ1) is 25.5. The molecule has 0 fully saturated rings. The summed E-state index contributed by atoms with van der Waals surface area (Å²) in [5, 5.41) is 26.8. The van der Waals surface area contributed by atoms with E-state index in [-0.39, 0.29) is 46.0 Å². The lowest BCUT2D eigenvalue weighted by Crippen LogP contribution is -2.41. The topological polar surface area (TPSA) is 151 Å². The highest BCUT2D eigenvalue weighted by Gasteiger charge is 2.56. The summed E-state index contributed by atoms with van der Waals surface area (Å²) in [6.45, 7) is 5.34. The maximum absolute atomic E-state index is 13.8. The number of phenols is 2. The average Bonchev–Trinajstić information content (AvgIpc) is 3.14. The number of nitrogens with one attached hydrogen (secondary N) is 2. The van der Waals surface area contributed by atoms with Crippen molar-refractivity contribution in [3.8, 4) is 23.0 Å². The Morgan fingerprint density at radius 1 is 1.11 bits per heavy atom. The van der Waals surface area contributed by atoms with Crippen molar-refractivity contribution in [2.75, 3.05) is 19.0 Å². The number of para-hydroxylation sites is 2. The number of carbonyl (C=O) groups is 4. The van der Waals surface area contributed by atoms with E-state index in [1.54, 1.807) is 24.3 Å². The molecule has 1 aliphatic heterocycles. The van der Waals surface area contributed by atoms with Crippen LogP contribution in [0.4, 0.5) is 5.69 Å². The standard InChI is InChI=1S/C27H26N2O8/c1-12-23(33)21(14(3)30)25-22(24(12)34)27(4)18(37-25)10-16(31)20(26(27)35)13(2)28-11-19(32)29-15-8-6-7-9-17(15)36-5/h6-10,28,33-34H,11H2,1-5H3,(H,29,32)/t27-/m0/s1. The lowest BCUT2D eigenvalue weighted by Gasteiger charge is -2.29. The number of Topliss-reactive ketones (excluding diaryl/α,β-unsaturated/α-hetero) is 2. The molecular formula is C27H26N2O8. The van der Waals surface area contributed by atoms with Crippen LogP contribution in [0.1, 0.15) is 42.3 Å². The third-order valence-corrected chi connectivity index (χ3v) is 6.65. The van der Waals surface area contributed by atoms with Crippen LogP contribution in [0, 0.1) is 6.92 Å². The first-order valence-corrected chi connectivity index (χ1v) is 11.4. The van der Waals surface area contributed by atoms with Crippen LogP contribution in [-0.2, 0) is 19.8 Å². The number of carbonyl (C=O) groups excluding carboxylic acids is 4. The molecule has 192 valence electrons. The Morgan fingerprint density at radius 3 is 2.43 bits per heavy atom. The quantitative estimate of drug-likeness (QED) is 0.263. The van der Waals surface area contributed by atoms with Gasteiger partial charge in [-0.2, -0.15) is 0 Å². The van der Waals surface area contributed by atoms with Gasteiger partial charge >= 0.3 is 0 Å². The number of rotatable bonds is 6. The lowest BCUT2D eigenvalue weighted by molar-refractivity contribution is -0.124. The number of allylic oxidation sites excluding steroid dienone is 4. The second-order valence-electron chi connectivity index (χ2n) is 8.99. The van der Waals surface area contributed by atoms with Gasteiger partial charge in [0.2, 0.25) is 5.91 Å². The molecule has 0 aromatic heterocycles. The molecule has 0 bridgehead atoms. The maximum Gasteiger partial charge on any atom is 0.243 e. The minimum absolute atomic E-state index is 0.00374. The minimum Gasteiger partial charge on any atom is -0.507 e. The molecule has 1 heterocycles. The van der Waals surface area contributed by atoms with E-state index >= 15 is 0 Å². The zero-order chi connectivity index (χ0) is 27.2. The molecular weight excluding hydrogens is 480 g/mol. The van der Waals surface area contributed by atoms with Crippen LogP contribution >= 0.6 is 0 Å². The molecule has 2 aromatic rings. The van der Waals surface area contributed by atoms with E-state index in [4.69, 9.17) is 9.47 Å². The number of hydrogen-bond acceptors (Lipinski definition) is 9. The molecule has 0 spiro atoms. The number of phenolic OH excluding ortho intramolecular Hbond substituents is 2. The van der Waals surface area contributed by atoms with Gasteiger partial charge in [-0.25, -0.2) is 0 Å². The van der Waals surface area contributed by atoms with Gasteiger partial charge in [-0.15, -0.1) is 0 Å². The average molecular weight is 507 g/mol. The van der Waals surface area contributed by atoms with Crippen LogP contribution in [0.5, 0.6) is 23.0 Å². The molecule has 2 aliphatic rings. The lowest BCUT2D eigenvalue weighted by atomic mass is 9.70. The number of anilines is 1. The molecule has 0 unspecified atom stereocenters. The number of methoxy groups -OCH3 is 1. The van der Waals surface area contributed by atoms with Gasteiger partial charge in [0.1, 0.15) is 39.7 Å². The summed E-state index contributed by atoms with van der Waals surface area (Å²) >= 11 is 0. The number of benzene rings is 2. The zero-order valence-electron chi connectivity index (χ0n) is 20.9. The van der Waals surface area contributed by atoms with Gasteiger partial charge in [0.25, 0.3) is 0 Å². The Kier molecular flexibility index (Phi) is 6.29. The highest BCUT2D eigenvalue weighted by Crippen LogP contribution is 2.57. The number of ether oxygens (including phenoxy) is 2. The maximum atomic E-state index is 13.8. The largest absolute Gasteiger partial charge is 0.507 e. The Labute approximate surface area is 212 Å². The van der Waals surface area contributed by atoms with Crippen LogP contribution in [0.2, 0.25) is 0 Å². The highest BCUT2D eigenvalue weighted by molar-refractivity contribution is 6.31. The predicted octanol–water partition coefficient (Wildman–Crippen LogP) is 2.81. The highest BCUT2D eigenvalue weighted by atomic mass is 16.5. The number of ketones is 3. The minimum atomic E-state index is -1.63. The fourth-order valence-corrected chi connectivity index (χ4v) is 4.61. The fraction of sp³-hybridized carbons (Fsp3) is 0.259. The molecule has 1 amide bonds. The summed E-state index contributed by atoms with van der Waals surface area (Å²) in [5.74, 6) is -2.94. The second-order valence-corrected chi connectivity index (χ2v) is 8.99. The molecule has 37 heavy (non-hydrogen) atoms. The summed E-state index contributed by atoms with van der Waals surface area (Å²) in [5.41, 5.74) is -1.42. The van der Waals surface area contributed by atoms with Gasteiger partial charge < -0.3 is 30.3 Å². The van der Waals surface area contributed by atoms with Crippen LogP contribution in [0.3, 0.4) is 0 Å². The van der Waals surface area contributed by atoms with Crippen molar-refractivity contribution in [3.63, 3.8) is 0 Å². The van der Waals surface area contributed by atoms with E-state index < -0.39 is 40.2 Å². The summed E-state index contributed by atoms with van der Waals surface area (Å²) < 4.78 is 11.0. The molecule has 4 N–H and O–H groups in total. The molecule has 4 rings (SSSR count). The SMILES string of the molecule is COc1ccccc1NC(=O)CNC(C)=C1C(=O)C=C2Oc3c(C(C)=O)c(O)c(C)c(O)c3[C@@]2(C)C1=O. The first-order chi connectivity index (χ1) is 17.4. The number of hydrogen-bond donors (Lipinski definition) is 4. The monoisotopic (exact) mass is 506 g/mol.